The molecule has 1 atom stereocenters. The van der Waals surface area contributed by atoms with Gasteiger partial charge >= 0.3 is 12.1 Å². The van der Waals surface area contributed by atoms with Crippen LogP contribution in [-0.4, -0.2) is 84.7 Å². The van der Waals surface area contributed by atoms with Crippen LogP contribution >= 0.6 is 0 Å². The van der Waals surface area contributed by atoms with E-state index < -0.39 is 40.5 Å². The van der Waals surface area contributed by atoms with E-state index in [0.29, 0.717) is 26.2 Å². The quantitative estimate of drug-likeness (QED) is 0.249. The number of benzene rings is 2. The van der Waals surface area contributed by atoms with Crippen LogP contribution in [0.3, 0.4) is 0 Å². The molecule has 2 aromatic heterocycles. The van der Waals surface area contributed by atoms with Crippen LogP contribution in [0.2, 0.25) is 0 Å². The van der Waals surface area contributed by atoms with Crippen molar-refractivity contribution in [1.29, 1.82) is 0 Å². The van der Waals surface area contributed by atoms with Gasteiger partial charge < -0.3 is 9.47 Å². The summed E-state index contributed by atoms with van der Waals surface area (Å²) >= 11 is 0. The molecule has 1 N–H and O–H groups in total. The molecule has 0 spiro atoms. The fraction of sp³-hybridized carbons (Fsp3) is 0.345. The third-order valence-electron chi connectivity index (χ3n) is 7.37. The molecule has 4 aromatic rings. The Morgan fingerprint density at radius 3 is 2.39 bits per heavy atom. The molecule has 0 aliphatic carbocycles. The number of halogens is 3. The molecule has 0 saturated carbocycles. The van der Waals surface area contributed by atoms with Crippen molar-refractivity contribution in [3.8, 4) is 5.75 Å². The van der Waals surface area contributed by atoms with Gasteiger partial charge in [0.2, 0.25) is 10.0 Å². The Morgan fingerprint density at radius 2 is 1.73 bits per heavy atom. The topological polar surface area (TPSA) is 118 Å². The number of aromatic nitrogens is 3. The summed E-state index contributed by atoms with van der Waals surface area (Å²) in [5, 5.41) is 3.57. The zero-order valence-corrected chi connectivity index (χ0v) is 24.6. The number of carbonyl (C=O) groups is 1. The van der Waals surface area contributed by atoms with E-state index in [4.69, 9.17) is 9.47 Å². The lowest BCUT2D eigenvalue weighted by Crippen LogP contribution is -2.56. The predicted octanol–water partition coefficient (Wildman–Crippen LogP) is 2.96. The summed E-state index contributed by atoms with van der Waals surface area (Å²) < 4.78 is 80.9. The maximum atomic E-state index is 13.6. The molecule has 1 fully saturated rings. The van der Waals surface area contributed by atoms with Gasteiger partial charge in [-0.2, -0.15) is 18.3 Å². The molecule has 0 bridgehead atoms. The molecular formula is C29H31F3N6O5S. The highest BCUT2D eigenvalue weighted by Crippen LogP contribution is 2.33. The van der Waals surface area contributed by atoms with Gasteiger partial charge in [0.1, 0.15) is 24.7 Å². The molecule has 3 heterocycles. The summed E-state index contributed by atoms with van der Waals surface area (Å²) in [7, 11) is -2.78. The van der Waals surface area contributed by atoms with Crippen molar-refractivity contribution < 1.29 is 35.9 Å². The second-order valence-electron chi connectivity index (χ2n) is 10.2. The molecule has 0 amide bonds. The van der Waals surface area contributed by atoms with Crippen molar-refractivity contribution in [3.63, 3.8) is 0 Å². The highest BCUT2D eigenvalue weighted by Gasteiger charge is 2.38. The molecule has 2 aromatic carbocycles. The Balaban J connectivity index is 1.19. The number of fused-ring (bicyclic) bond motifs is 1. The van der Waals surface area contributed by atoms with Crippen LogP contribution in [0.1, 0.15) is 16.8 Å². The molecule has 5 rings (SSSR count). The third-order valence-corrected chi connectivity index (χ3v) is 8.81. The van der Waals surface area contributed by atoms with Crippen molar-refractivity contribution in [1.82, 2.24) is 29.1 Å². The average molecular weight is 633 g/mol. The van der Waals surface area contributed by atoms with Crippen molar-refractivity contribution in [3.05, 3.63) is 90.0 Å². The van der Waals surface area contributed by atoms with Crippen molar-refractivity contribution >= 4 is 21.5 Å². The summed E-state index contributed by atoms with van der Waals surface area (Å²) in [5.74, 6) is -0.388. The summed E-state index contributed by atoms with van der Waals surface area (Å²) in [6, 6.07) is 15.9. The average Bonchev–Trinajstić information content (AvgIpc) is 3.41. The SMILES string of the molecule is COC(=O)C(CNS(=O)(=O)c1ccc(OCc2c(C(F)(F)F)nn3cnccc23)cc1)N1CCN(Cc2ccccc2)CC1. The van der Waals surface area contributed by atoms with E-state index in [2.05, 4.69) is 31.8 Å². The number of rotatable bonds is 11. The normalized spacial score (nSPS) is 15.7. The van der Waals surface area contributed by atoms with Gasteiger partial charge in [0, 0.05) is 51.0 Å². The Morgan fingerprint density at radius 1 is 1.02 bits per heavy atom. The Labute approximate surface area is 252 Å². The summed E-state index contributed by atoms with van der Waals surface area (Å²) in [6.07, 6.45) is -2.19. The zero-order valence-electron chi connectivity index (χ0n) is 23.8. The van der Waals surface area contributed by atoms with E-state index in [0.717, 1.165) is 17.4 Å². The van der Waals surface area contributed by atoms with Gasteiger partial charge in [-0.05, 0) is 35.9 Å². The van der Waals surface area contributed by atoms with E-state index in [1.807, 2.05) is 23.1 Å². The molecule has 1 unspecified atom stereocenters. The van der Waals surface area contributed by atoms with Gasteiger partial charge in [-0.1, -0.05) is 30.3 Å². The van der Waals surface area contributed by atoms with Crippen LogP contribution in [-0.2, 0) is 38.9 Å². The number of hydrogen-bond acceptors (Lipinski definition) is 9. The number of carbonyl (C=O) groups excluding carboxylic acids is 1. The summed E-state index contributed by atoms with van der Waals surface area (Å²) in [4.78, 5) is 20.5. The lowest BCUT2D eigenvalue weighted by molar-refractivity contribution is -0.147. The highest BCUT2D eigenvalue weighted by molar-refractivity contribution is 7.89. The van der Waals surface area contributed by atoms with E-state index in [-0.39, 0.29) is 28.3 Å². The Bertz CT molecular complexity index is 1680. The van der Waals surface area contributed by atoms with Crippen LogP contribution in [0.5, 0.6) is 5.75 Å². The van der Waals surface area contributed by atoms with Gasteiger partial charge in [-0.3, -0.25) is 14.6 Å². The Hall–Kier alpha value is -4.05. The van der Waals surface area contributed by atoms with Gasteiger partial charge in [-0.25, -0.2) is 22.6 Å². The van der Waals surface area contributed by atoms with E-state index in [9.17, 15) is 26.4 Å². The summed E-state index contributed by atoms with van der Waals surface area (Å²) in [6.45, 7) is 2.64. The minimum Gasteiger partial charge on any atom is -0.489 e. The minimum absolute atomic E-state index is 0.0980. The monoisotopic (exact) mass is 632 g/mol. The first-order valence-corrected chi connectivity index (χ1v) is 15.2. The van der Waals surface area contributed by atoms with Crippen molar-refractivity contribution in [2.24, 2.45) is 0 Å². The number of nitrogens with zero attached hydrogens (tertiary/aromatic N) is 5. The fourth-order valence-electron chi connectivity index (χ4n) is 5.05. The largest absolute Gasteiger partial charge is 0.489 e. The smallest absolute Gasteiger partial charge is 0.435 e. The lowest BCUT2D eigenvalue weighted by Gasteiger charge is -2.38. The maximum Gasteiger partial charge on any atom is 0.435 e. The van der Waals surface area contributed by atoms with Crippen LogP contribution < -0.4 is 9.46 Å². The molecule has 0 radical (unpaired) electrons. The number of alkyl halides is 3. The highest BCUT2D eigenvalue weighted by atomic mass is 32.2. The molecule has 11 nitrogen and oxygen atoms in total. The number of methoxy groups -OCH3 is 1. The predicted molar refractivity (Wildman–Crippen MR) is 153 cm³/mol. The maximum absolute atomic E-state index is 13.6. The van der Waals surface area contributed by atoms with Gasteiger partial charge in [0.15, 0.2) is 5.69 Å². The molecule has 234 valence electrons. The number of esters is 1. The first kappa shape index (κ1) is 31.4. The van der Waals surface area contributed by atoms with Crippen LogP contribution in [0, 0.1) is 0 Å². The number of ether oxygens (including phenoxy) is 2. The first-order valence-electron chi connectivity index (χ1n) is 13.7. The van der Waals surface area contributed by atoms with Gasteiger partial charge in [0.05, 0.1) is 17.5 Å². The second-order valence-corrected chi connectivity index (χ2v) is 12.0. The van der Waals surface area contributed by atoms with Gasteiger partial charge in [0.25, 0.3) is 0 Å². The second kappa shape index (κ2) is 13.3. The van der Waals surface area contributed by atoms with E-state index >= 15 is 0 Å². The van der Waals surface area contributed by atoms with E-state index in [1.165, 1.54) is 49.2 Å². The van der Waals surface area contributed by atoms with Crippen LogP contribution in [0.15, 0.2) is 78.1 Å². The number of hydrogen-bond donors (Lipinski definition) is 1. The molecular weight excluding hydrogens is 601 g/mol. The number of sulfonamides is 1. The third kappa shape index (κ3) is 7.35. The minimum atomic E-state index is -4.70. The lowest BCUT2D eigenvalue weighted by atomic mass is 10.1. The van der Waals surface area contributed by atoms with E-state index in [1.54, 1.807) is 0 Å². The molecule has 1 saturated heterocycles. The Kier molecular flexibility index (Phi) is 9.48. The zero-order chi connectivity index (χ0) is 31.3. The van der Waals surface area contributed by atoms with Crippen LogP contribution in [0.4, 0.5) is 13.2 Å². The molecule has 1 aliphatic heterocycles. The molecule has 44 heavy (non-hydrogen) atoms. The number of piperazine rings is 1. The van der Waals surface area contributed by atoms with Crippen molar-refractivity contribution in [2.75, 3.05) is 39.8 Å². The van der Waals surface area contributed by atoms with Gasteiger partial charge in [-0.15, -0.1) is 0 Å². The number of nitrogens with one attached hydrogen (secondary N) is 1. The molecule has 15 heteroatoms. The molecule has 1 aliphatic rings. The van der Waals surface area contributed by atoms with Crippen LogP contribution in [0.25, 0.3) is 5.52 Å². The summed E-state index contributed by atoms with van der Waals surface area (Å²) in [5.41, 5.74) is 0.113. The standard InChI is InChI=1S/C29H31F3N6O5S/c1-42-28(39)26(37-15-13-36(14-16-37)18-21-5-3-2-4-6-21)17-34-44(40,41)23-9-7-22(8-10-23)43-19-24-25-11-12-33-20-38(25)35-27(24)29(30,31)32/h2-12,20,26,34H,13-19H2,1H3. The fourth-order valence-corrected chi connectivity index (χ4v) is 6.09. The van der Waals surface area contributed by atoms with Crippen molar-refractivity contribution in [2.45, 2.75) is 30.3 Å². The first-order chi connectivity index (χ1) is 21.0.